The van der Waals surface area contributed by atoms with Crippen LogP contribution in [-0.4, -0.2) is 68.3 Å². The summed E-state index contributed by atoms with van der Waals surface area (Å²) in [6.45, 7) is 5.56. The van der Waals surface area contributed by atoms with Crippen LogP contribution in [0.1, 0.15) is 49.0 Å². The van der Waals surface area contributed by atoms with Gasteiger partial charge < -0.3 is 20.3 Å². The van der Waals surface area contributed by atoms with Crippen LogP contribution in [0, 0.1) is 23.5 Å². The highest BCUT2D eigenvalue weighted by atomic mass is 35.5. The first kappa shape index (κ1) is 32.9. The first-order valence-electron chi connectivity index (χ1n) is 14.3. The van der Waals surface area contributed by atoms with Gasteiger partial charge >= 0.3 is 6.18 Å². The van der Waals surface area contributed by atoms with E-state index in [1.807, 2.05) is 23.6 Å². The Morgan fingerprint density at radius 1 is 1.12 bits per heavy atom. The predicted octanol–water partition coefficient (Wildman–Crippen LogP) is 6.01. The largest absolute Gasteiger partial charge is 0.390 e. The lowest BCUT2D eigenvalue weighted by atomic mass is 9.99. The lowest BCUT2D eigenvalue weighted by molar-refractivity contribution is -0.139. The maximum absolute atomic E-state index is 15.0. The fraction of sp³-hybridized carbons (Fsp3) is 0.533. The number of halogens is 6. The third kappa shape index (κ3) is 8.79. The highest BCUT2D eigenvalue weighted by Gasteiger charge is 2.33. The van der Waals surface area contributed by atoms with E-state index in [0.29, 0.717) is 55.5 Å². The second-order valence-corrected chi connectivity index (χ2v) is 11.9. The van der Waals surface area contributed by atoms with Gasteiger partial charge in [-0.05, 0) is 43.0 Å². The van der Waals surface area contributed by atoms with Gasteiger partial charge in [-0.3, -0.25) is 14.5 Å². The van der Waals surface area contributed by atoms with Crippen molar-refractivity contribution in [2.45, 2.75) is 51.9 Å². The van der Waals surface area contributed by atoms with E-state index in [1.54, 1.807) is 18.2 Å². The minimum atomic E-state index is -4.25. The van der Waals surface area contributed by atoms with Crippen molar-refractivity contribution >= 4 is 34.8 Å². The van der Waals surface area contributed by atoms with Gasteiger partial charge in [0.15, 0.2) is 11.6 Å². The number of carbonyl (C=O) groups is 2. The number of anilines is 2. The van der Waals surface area contributed by atoms with Gasteiger partial charge in [0.1, 0.15) is 0 Å². The average molecular weight is 631 g/mol. The van der Waals surface area contributed by atoms with Crippen LogP contribution < -0.4 is 15.5 Å². The fourth-order valence-electron chi connectivity index (χ4n) is 5.48. The lowest BCUT2D eigenvalue weighted by Crippen LogP contribution is -2.54. The Morgan fingerprint density at radius 3 is 2.56 bits per heavy atom. The summed E-state index contributed by atoms with van der Waals surface area (Å²) in [5.74, 6) is -3.89. The molecule has 2 fully saturated rings. The molecule has 43 heavy (non-hydrogen) atoms. The Bertz CT molecular complexity index is 1300. The van der Waals surface area contributed by atoms with Crippen molar-refractivity contribution in [2.75, 3.05) is 49.6 Å². The standard InChI is InChI=1S/C30H36ClF5N4O3/c1-18(2)13-22-16-40(11-10-39(22)9-8-30(34,35)36)25-14-21(31)4-6-24(25)38-29(42)23-5-3-19(26(32)27(23)33)15-37-28(41)20-7-12-43-17-20/h3-6,14,18,20,22H,7-13,15-17H2,1-2H3,(H,37,41)(H,38,42)/t20?,22-/m0/s1. The lowest BCUT2D eigenvalue weighted by Gasteiger charge is -2.43. The molecule has 2 aliphatic heterocycles. The minimum Gasteiger partial charge on any atom is -0.381 e. The third-order valence-electron chi connectivity index (χ3n) is 7.74. The molecule has 0 aliphatic carbocycles. The molecule has 2 N–H and O–H groups in total. The van der Waals surface area contributed by atoms with E-state index >= 15 is 4.39 Å². The minimum absolute atomic E-state index is 0.104. The van der Waals surface area contributed by atoms with Crippen molar-refractivity contribution in [2.24, 2.45) is 11.8 Å². The van der Waals surface area contributed by atoms with E-state index in [4.69, 9.17) is 16.3 Å². The second kappa shape index (κ2) is 14.2. The molecular formula is C30H36ClF5N4O3. The Labute approximate surface area is 252 Å². The van der Waals surface area contributed by atoms with Gasteiger partial charge in [0, 0.05) is 56.0 Å². The van der Waals surface area contributed by atoms with Crippen LogP contribution in [-0.2, 0) is 16.1 Å². The molecular weight excluding hydrogens is 595 g/mol. The Kier molecular flexibility index (Phi) is 10.9. The monoisotopic (exact) mass is 630 g/mol. The molecule has 0 radical (unpaired) electrons. The number of hydrogen-bond acceptors (Lipinski definition) is 5. The SMILES string of the molecule is CC(C)C[C@H]1CN(c2cc(Cl)ccc2NC(=O)c2ccc(CNC(=O)C3CCOC3)c(F)c2F)CCN1CCC(F)(F)F. The number of amides is 2. The molecule has 0 spiro atoms. The van der Waals surface area contributed by atoms with E-state index in [0.717, 1.165) is 6.07 Å². The maximum atomic E-state index is 15.0. The van der Waals surface area contributed by atoms with Crippen molar-refractivity contribution in [3.05, 3.63) is 58.1 Å². The molecule has 2 aromatic carbocycles. The van der Waals surface area contributed by atoms with Crippen LogP contribution >= 0.6 is 11.6 Å². The molecule has 2 amide bonds. The summed E-state index contributed by atoms with van der Waals surface area (Å²) in [5, 5.41) is 5.60. The zero-order chi connectivity index (χ0) is 31.3. The molecule has 13 heteroatoms. The summed E-state index contributed by atoms with van der Waals surface area (Å²) in [6.07, 6.45) is -3.93. The molecule has 0 saturated carbocycles. The summed E-state index contributed by atoms with van der Waals surface area (Å²) in [4.78, 5) is 29.1. The smallest absolute Gasteiger partial charge is 0.381 e. The van der Waals surface area contributed by atoms with Gasteiger partial charge in [-0.2, -0.15) is 13.2 Å². The van der Waals surface area contributed by atoms with Crippen molar-refractivity contribution in [1.82, 2.24) is 10.2 Å². The van der Waals surface area contributed by atoms with Crippen LogP contribution in [0.3, 0.4) is 0 Å². The maximum Gasteiger partial charge on any atom is 0.390 e. The molecule has 4 rings (SSSR count). The number of benzene rings is 2. The quantitative estimate of drug-likeness (QED) is 0.315. The number of piperazine rings is 1. The van der Waals surface area contributed by atoms with Crippen LogP contribution in [0.2, 0.25) is 5.02 Å². The van der Waals surface area contributed by atoms with Crippen LogP contribution in [0.4, 0.5) is 33.3 Å². The number of ether oxygens (including phenoxy) is 1. The number of rotatable bonds is 10. The number of alkyl halides is 3. The van der Waals surface area contributed by atoms with Gasteiger partial charge in [-0.1, -0.05) is 31.5 Å². The van der Waals surface area contributed by atoms with E-state index in [2.05, 4.69) is 10.6 Å². The second-order valence-electron chi connectivity index (χ2n) is 11.4. The highest BCUT2D eigenvalue weighted by Crippen LogP contribution is 2.33. The van der Waals surface area contributed by atoms with Crippen LogP contribution in [0.5, 0.6) is 0 Å². The number of carbonyl (C=O) groups excluding carboxylic acids is 2. The molecule has 0 bridgehead atoms. The van der Waals surface area contributed by atoms with Gasteiger partial charge in [0.25, 0.3) is 5.91 Å². The van der Waals surface area contributed by atoms with E-state index < -0.39 is 35.7 Å². The topological polar surface area (TPSA) is 73.9 Å². The Morgan fingerprint density at radius 2 is 1.88 bits per heavy atom. The third-order valence-corrected chi connectivity index (χ3v) is 7.97. The van der Waals surface area contributed by atoms with Crippen molar-refractivity contribution in [3.63, 3.8) is 0 Å². The summed E-state index contributed by atoms with van der Waals surface area (Å²) in [7, 11) is 0. The van der Waals surface area contributed by atoms with Crippen molar-refractivity contribution in [1.29, 1.82) is 0 Å². The molecule has 2 atom stereocenters. The van der Waals surface area contributed by atoms with Crippen molar-refractivity contribution in [3.8, 4) is 0 Å². The molecule has 7 nitrogen and oxygen atoms in total. The summed E-state index contributed by atoms with van der Waals surface area (Å²) in [5.41, 5.74) is 0.206. The van der Waals surface area contributed by atoms with Gasteiger partial charge in [0.05, 0.1) is 35.9 Å². The number of hydrogen-bond donors (Lipinski definition) is 2. The molecule has 2 aromatic rings. The van der Waals surface area contributed by atoms with Crippen LogP contribution in [0.25, 0.3) is 0 Å². The summed E-state index contributed by atoms with van der Waals surface area (Å²) >= 11 is 6.27. The van der Waals surface area contributed by atoms with Crippen LogP contribution in [0.15, 0.2) is 30.3 Å². The first-order chi connectivity index (χ1) is 20.3. The first-order valence-corrected chi connectivity index (χ1v) is 14.7. The average Bonchev–Trinajstić information content (AvgIpc) is 3.48. The predicted molar refractivity (Wildman–Crippen MR) is 154 cm³/mol. The van der Waals surface area contributed by atoms with Gasteiger partial charge in [-0.25, -0.2) is 8.78 Å². The fourth-order valence-corrected chi connectivity index (χ4v) is 5.64. The number of nitrogens with one attached hydrogen (secondary N) is 2. The molecule has 2 aliphatic rings. The molecule has 2 heterocycles. The van der Waals surface area contributed by atoms with E-state index in [1.165, 1.54) is 6.07 Å². The Hall–Kier alpha value is -2.96. The number of nitrogens with zero attached hydrogens (tertiary/aromatic N) is 2. The molecule has 2 saturated heterocycles. The van der Waals surface area contributed by atoms with E-state index in [-0.39, 0.29) is 49.0 Å². The van der Waals surface area contributed by atoms with Crippen molar-refractivity contribution < 1.29 is 36.3 Å². The molecule has 1 unspecified atom stereocenters. The highest BCUT2D eigenvalue weighted by molar-refractivity contribution is 6.31. The van der Waals surface area contributed by atoms with Gasteiger partial charge in [0.2, 0.25) is 5.91 Å². The summed E-state index contributed by atoms with van der Waals surface area (Å²) < 4.78 is 73.9. The Balaban J connectivity index is 1.48. The normalized spacial score (nSPS) is 19.6. The zero-order valence-corrected chi connectivity index (χ0v) is 24.8. The molecule has 0 aromatic heterocycles. The summed E-state index contributed by atoms with van der Waals surface area (Å²) in [6, 6.07) is 6.96. The zero-order valence-electron chi connectivity index (χ0n) is 24.1. The van der Waals surface area contributed by atoms with Gasteiger partial charge in [-0.15, -0.1) is 0 Å². The van der Waals surface area contributed by atoms with E-state index in [9.17, 15) is 27.2 Å². The molecule has 236 valence electrons.